The molecule has 0 aromatic rings. The molecular weight excluding hydrogens is 410 g/mol. The SMILES string of the molecule is CCCCSC(C)(CCC(NC)C(C)(C)C)CC(N)C(=O)NC(CCC)C(=O)C(C)=O. The maximum Gasteiger partial charge on any atom is 0.237 e. The highest BCUT2D eigenvalue weighted by molar-refractivity contribution is 8.00. The van der Waals surface area contributed by atoms with Gasteiger partial charge in [-0.3, -0.25) is 14.4 Å². The minimum Gasteiger partial charge on any atom is -0.344 e. The van der Waals surface area contributed by atoms with Gasteiger partial charge in [0.2, 0.25) is 11.7 Å². The molecule has 0 fully saturated rings. The van der Waals surface area contributed by atoms with Crippen LogP contribution in [-0.2, 0) is 14.4 Å². The van der Waals surface area contributed by atoms with Gasteiger partial charge in [-0.1, -0.05) is 54.4 Å². The van der Waals surface area contributed by atoms with Crippen LogP contribution >= 0.6 is 11.8 Å². The van der Waals surface area contributed by atoms with Gasteiger partial charge in [0, 0.05) is 17.7 Å². The molecule has 31 heavy (non-hydrogen) atoms. The van der Waals surface area contributed by atoms with Crippen LogP contribution in [0.3, 0.4) is 0 Å². The molecular formula is C24H47N3O3S. The fraction of sp³-hybridized carbons (Fsp3) is 0.875. The standard InChI is InChI=1S/C24H47N3O3S/c1-9-11-15-31-24(7,14-13-20(26-8)23(4,5)6)16-18(25)22(30)27-19(12-10-2)21(29)17(3)28/h18-20,26H,9-16,25H2,1-8H3,(H,27,30). The lowest BCUT2D eigenvalue weighted by molar-refractivity contribution is -0.138. The molecule has 4 atom stereocenters. The van der Waals surface area contributed by atoms with Gasteiger partial charge in [0.25, 0.3) is 0 Å². The van der Waals surface area contributed by atoms with Crippen molar-refractivity contribution < 1.29 is 14.4 Å². The molecule has 0 aliphatic heterocycles. The molecule has 6 nitrogen and oxygen atoms in total. The van der Waals surface area contributed by atoms with Crippen LogP contribution in [0.25, 0.3) is 0 Å². The lowest BCUT2D eigenvalue weighted by Crippen LogP contribution is -2.51. The Balaban J connectivity index is 5.27. The molecule has 0 rings (SSSR count). The Morgan fingerprint density at radius 3 is 2.10 bits per heavy atom. The number of hydrogen-bond donors (Lipinski definition) is 3. The Bertz CT molecular complexity index is 577. The van der Waals surface area contributed by atoms with Gasteiger partial charge in [-0.15, -0.1) is 0 Å². The first-order valence-corrected chi connectivity index (χ1v) is 12.7. The number of nitrogens with two attached hydrogens (primary N) is 1. The Kier molecular flexibility index (Phi) is 13.8. The van der Waals surface area contributed by atoms with Gasteiger partial charge in [-0.2, -0.15) is 11.8 Å². The van der Waals surface area contributed by atoms with E-state index >= 15 is 0 Å². The minimum atomic E-state index is -0.783. The van der Waals surface area contributed by atoms with Crippen LogP contribution in [0.15, 0.2) is 0 Å². The van der Waals surface area contributed by atoms with E-state index in [9.17, 15) is 14.4 Å². The maximum atomic E-state index is 12.8. The fourth-order valence-electron chi connectivity index (χ4n) is 3.80. The first-order chi connectivity index (χ1) is 14.3. The van der Waals surface area contributed by atoms with Crippen molar-refractivity contribution in [1.29, 1.82) is 0 Å². The summed E-state index contributed by atoms with van der Waals surface area (Å²) in [4.78, 5) is 36.4. The molecule has 0 bridgehead atoms. The summed E-state index contributed by atoms with van der Waals surface area (Å²) < 4.78 is -0.142. The number of carbonyl (C=O) groups excluding carboxylic acids is 3. The monoisotopic (exact) mass is 457 g/mol. The second-order valence-electron chi connectivity index (χ2n) is 9.98. The van der Waals surface area contributed by atoms with Crippen molar-refractivity contribution in [3.05, 3.63) is 0 Å². The summed E-state index contributed by atoms with van der Waals surface area (Å²) in [6, 6.07) is -1.14. The summed E-state index contributed by atoms with van der Waals surface area (Å²) in [6.45, 7) is 14.2. The van der Waals surface area contributed by atoms with E-state index in [1.54, 1.807) is 0 Å². The summed E-state index contributed by atoms with van der Waals surface area (Å²) in [5.74, 6) is -0.407. The van der Waals surface area contributed by atoms with Crippen LogP contribution in [0.2, 0.25) is 0 Å². The van der Waals surface area contributed by atoms with E-state index in [2.05, 4.69) is 45.3 Å². The van der Waals surface area contributed by atoms with Crippen molar-refractivity contribution in [3.63, 3.8) is 0 Å². The summed E-state index contributed by atoms with van der Waals surface area (Å²) in [6.07, 6.45) is 5.85. The van der Waals surface area contributed by atoms with Crippen LogP contribution in [0.4, 0.5) is 0 Å². The number of amides is 1. The quantitative estimate of drug-likeness (QED) is 0.240. The molecule has 182 valence electrons. The van der Waals surface area contributed by atoms with Crippen molar-refractivity contribution >= 4 is 29.2 Å². The molecule has 0 heterocycles. The molecule has 0 radical (unpaired) electrons. The summed E-state index contributed by atoms with van der Waals surface area (Å²) >= 11 is 1.89. The van der Waals surface area contributed by atoms with Gasteiger partial charge in [-0.25, -0.2) is 0 Å². The largest absolute Gasteiger partial charge is 0.344 e. The van der Waals surface area contributed by atoms with Gasteiger partial charge in [-0.05, 0) is 50.3 Å². The van der Waals surface area contributed by atoms with Gasteiger partial charge < -0.3 is 16.4 Å². The van der Waals surface area contributed by atoms with Gasteiger partial charge in [0.15, 0.2) is 5.78 Å². The second-order valence-corrected chi connectivity index (χ2v) is 11.7. The lowest BCUT2D eigenvalue weighted by Gasteiger charge is -2.36. The van der Waals surface area contributed by atoms with Gasteiger partial charge in [0.1, 0.15) is 0 Å². The van der Waals surface area contributed by atoms with E-state index in [0.29, 0.717) is 25.3 Å². The third kappa shape index (κ3) is 11.5. The molecule has 0 aromatic carbocycles. The molecule has 4 unspecified atom stereocenters. The van der Waals surface area contributed by atoms with Crippen molar-refractivity contribution in [1.82, 2.24) is 10.6 Å². The molecule has 0 aromatic heterocycles. The highest BCUT2D eigenvalue weighted by atomic mass is 32.2. The summed E-state index contributed by atoms with van der Waals surface area (Å²) in [7, 11) is 2.00. The number of ketones is 2. The first-order valence-electron chi connectivity index (χ1n) is 11.7. The van der Waals surface area contributed by atoms with Crippen molar-refractivity contribution in [3.8, 4) is 0 Å². The Morgan fingerprint density at radius 2 is 1.65 bits per heavy atom. The van der Waals surface area contributed by atoms with Crippen LogP contribution < -0.4 is 16.4 Å². The zero-order valence-electron chi connectivity index (χ0n) is 21.1. The average Bonchev–Trinajstić information content (AvgIpc) is 2.66. The minimum absolute atomic E-state index is 0.142. The van der Waals surface area contributed by atoms with E-state index in [1.165, 1.54) is 6.92 Å². The Morgan fingerprint density at radius 1 is 1.03 bits per heavy atom. The van der Waals surface area contributed by atoms with Crippen LogP contribution in [0, 0.1) is 5.41 Å². The predicted molar refractivity (Wildman–Crippen MR) is 132 cm³/mol. The number of hydrogen-bond acceptors (Lipinski definition) is 6. The lowest BCUT2D eigenvalue weighted by atomic mass is 9.82. The normalized spacial score (nSPS) is 16.8. The van der Waals surface area contributed by atoms with Crippen molar-refractivity contribution in [2.75, 3.05) is 12.8 Å². The molecule has 0 saturated heterocycles. The zero-order chi connectivity index (χ0) is 24.2. The third-order valence-electron chi connectivity index (χ3n) is 5.85. The smallest absolute Gasteiger partial charge is 0.237 e. The Labute approximate surface area is 194 Å². The highest BCUT2D eigenvalue weighted by Crippen LogP contribution is 2.37. The zero-order valence-corrected chi connectivity index (χ0v) is 21.9. The van der Waals surface area contributed by atoms with E-state index in [4.69, 9.17) is 5.73 Å². The molecule has 0 spiro atoms. The molecule has 4 N–H and O–H groups in total. The van der Waals surface area contributed by atoms with E-state index < -0.39 is 23.7 Å². The van der Waals surface area contributed by atoms with E-state index in [-0.39, 0.29) is 16.1 Å². The third-order valence-corrected chi connectivity index (χ3v) is 7.41. The fourth-order valence-corrected chi connectivity index (χ4v) is 5.28. The summed E-state index contributed by atoms with van der Waals surface area (Å²) in [5, 5.41) is 6.16. The second kappa shape index (κ2) is 14.3. The van der Waals surface area contributed by atoms with Gasteiger partial charge in [0.05, 0.1) is 12.1 Å². The number of Topliss-reactive ketones (excluding diaryl/α,β-unsaturated/α-hetero) is 2. The number of thioether (sulfide) groups is 1. The van der Waals surface area contributed by atoms with Crippen LogP contribution in [0.5, 0.6) is 0 Å². The Hall–Kier alpha value is -0.920. The van der Waals surface area contributed by atoms with Crippen molar-refractivity contribution in [2.24, 2.45) is 11.1 Å². The number of nitrogens with one attached hydrogen (secondary N) is 2. The first kappa shape index (κ1) is 30.1. The van der Waals surface area contributed by atoms with E-state index in [1.807, 2.05) is 25.7 Å². The predicted octanol–water partition coefficient (Wildman–Crippen LogP) is 3.85. The summed E-state index contributed by atoms with van der Waals surface area (Å²) in [5.41, 5.74) is 6.46. The number of rotatable bonds is 16. The van der Waals surface area contributed by atoms with E-state index in [0.717, 1.165) is 31.4 Å². The van der Waals surface area contributed by atoms with Crippen LogP contribution in [-0.4, -0.2) is 53.1 Å². The molecule has 0 saturated carbocycles. The number of unbranched alkanes of at least 4 members (excludes halogenated alkanes) is 1. The van der Waals surface area contributed by atoms with Crippen molar-refractivity contribution in [2.45, 2.75) is 116 Å². The average molecular weight is 458 g/mol. The maximum absolute atomic E-state index is 12.8. The molecule has 1 amide bonds. The van der Waals surface area contributed by atoms with Crippen LogP contribution in [0.1, 0.15) is 93.4 Å². The number of carbonyl (C=O) groups is 3. The van der Waals surface area contributed by atoms with Gasteiger partial charge >= 0.3 is 0 Å². The molecule has 0 aliphatic rings. The highest BCUT2D eigenvalue weighted by Gasteiger charge is 2.34. The topological polar surface area (TPSA) is 101 Å². The molecule has 0 aliphatic carbocycles. The molecule has 7 heteroatoms.